The lowest BCUT2D eigenvalue weighted by Crippen LogP contribution is -2.52. The predicted octanol–water partition coefficient (Wildman–Crippen LogP) is -0.0474. The lowest BCUT2D eigenvalue weighted by Gasteiger charge is -2.39. The van der Waals surface area contributed by atoms with Crippen molar-refractivity contribution in [2.45, 2.75) is 43.9 Å². The Hall–Kier alpha value is -0.180. The highest BCUT2D eigenvalue weighted by Gasteiger charge is 2.43. The van der Waals surface area contributed by atoms with Gasteiger partial charge in [0.15, 0.2) is 9.84 Å². The van der Waals surface area contributed by atoms with Crippen LogP contribution in [0.5, 0.6) is 0 Å². The first-order chi connectivity index (χ1) is 9.30. The Kier molecular flexibility index (Phi) is 4.78. The average Bonchev–Trinajstić information content (AvgIpc) is 2.79. The van der Waals surface area contributed by atoms with Gasteiger partial charge in [-0.25, -0.2) is 16.8 Å². The van der Waals surface area contributed by atoms with Crippen LogP contribution in [0.2, 0.25) is 0 Å². The monoisotopic (exact) mass is 324 g/mol. The first kappa shape index (κ1) is 16.2. The fourth-order valence-electron chi connectivity index (χ4n) is 3.22. The first-order valence-corrected chi connectivity index (χ1v) is 10.5. The van der Waals surface area contributed by atoms with Gasteiger partial charge in [0.2, 0.25) is 10.0 Å². The molecule has 8 heteroatoms. The van der Waals surface area contributed by atoms with Crippen molar-refractivity contribution in [2.75, 3.05) is 24.6 Å². The Morgan fingerprint density at radius 2 is 2.00 bits per heavy atom. The van der Waals surface area contributed by atoms with E-state index in [0.29, 0.717) is 19.0 Å². The summed E-state index contributed by atoms with van der Waals surface area (Å²) >= 11 is 0. The summed E-state index contributed by atoms with van der Waals surface area (Å²) in [6.45, 7) is 2.88. The zero-order valence-corrected chi connectivity index (χ0v) is 13.5. The van der Waals surface area contributed by atoms with Crippen LogP contribution < -0.4 is 5.73 Å². The van der Waals surface area contributed by atoms with Gasteiger partial charge in [0.25, 0.3) is 0 Å². The molecular weight excluding hydrogens is 300 g/mol. The molecule has 2 aliphatic rings. The van der Waals surface area contributed by atoms with Crippen molar-refractivity contribution in [1.82, 2.24) is 4.31 Å². The molecule has 2 saturated heterocycles. The summed E-state index contributed by atoms with van der Waals surface area (Å²) in [5.41, 5.74) is 5.73. The summed E-state index contributed by atoms with van der Waals surface area (Å²) in [4.78, 5) is 0. The minimum atomic E-state index is -3.55. The van der Waals surface area contributed by atoms with E-state index >= 15 is 0 Å². The van der Waals surface area contributed by atoms with Crippen LogP contribution in [0.3, 0.4) is 0 Å². The summed E-state index contributed by atoms with van der Waals surface area (Å²) in [7, 11) is -6.75. The third-order valence-corrected chi connectivity index (χ3v) is 8.92. The fourth-order valence-corrected chi connectivity index (χ4v) is 7.97. The molecule has 0 aromatic heterocycles. The molecule has 3 unspecified atom stereocenters. The topological polar surface area (TPSA) is 97.5 Å². The summed E-state index contributed by atoms with van der Waals surface area (Å²) < 4.78 is 49.8. The molecule has 2 heterocycles. The van der Waals surface area contributed by atoms with Crippen molar-refractivity contribution in [1.29, 1.82) is 0 Å². The maximum atomic E-state index is 12.6. The van der Waals surface area contributed by atoms with Gasteiger partial charge in [0.1, 0.15) is 0 Å². The first-order valence-electron chi connectivity index (χ1n) is 7.21. The zero-order valence-electron chi connectivity index (χ0n) is 11.9. The molecular formula is C12H24N2O4S2. The second-order valence-corrected chi connectivity index (χ2v) is 10.3. The molecule has 0 spiro atoms. The second kappa shape index (κ2) is 5.90. The van der Waals surface area contributed by atoms with Crippen LogP contribution in [0.15, 0.2) is 0 Å². The van der Waals surface area contributed by atoms with Gasteiger partial charge < -0.3 is 5.73 Å². The predicted molar refractivity (Wildman–Crippen MR) is 78.5 cm³/mol. The zero-order chi connectivity index (χ0) is 15.0. The van der Waals surface area contributed by atoms with E-state index in [2.05, 4.69) is 6.92 Å². The van der Waals surface area contributed by atoms with Gasteiger partial charge in [-0.05, 0) is 25.2 Å². The van der Waals surface area contributed by atoms with E-state index in [4.69, 9.17) is 5.73 Å². The van der Waals surface area contributed by atoms with Gasteiger partial charge in [-0.1, -0.05) is 13.3 Å². The molecule has 118 valence electrons. The number of rotatable bonds is 4. The van der Waals surface area contributed by atoms with E-state index < -0.39 is 25.1 Å². The van der Waals surface area contributed by atoms with Crippen molar-refractivity contribution < 1.29 is 16.8 Å². The molecule has 0 radical (unpaired) electrons. The number of nitrogens with zero attached hydrogens (tertiary/aromatic N) is 1. The number of piperidine rings is 1. The highest BCUT2D eigenvalue weighted by molar-refractivity contribution is 7.95. The largest absolute Gasteiger partial charge is 0.329 e. The van der Waals surface area contributed by atoms with E-state index in [9.17, 15) is 16.8 Å². The minimum Gasteiger partial charge on any atom is -0.329 e. The molecule has 2 rings (SSSR count). The van der Waals surface area contributed by atoms with Crippen molar-refractivity contribution in [2.24, 2.45) is 11.7 Å². The van der Waals surface area contributed by atoms with Gasteiger partial charge in [0.05, 0.1) is 16.8 Å². The van der Waals surface area contributed by atoms with Crippen LogP contribution in [0, 0.1) is 5.92 Å². The third-order valence-electron chi connectivity index (χ3n) is 4.56. The van der Waals surface area contributed by atoms with Gasteiger partial charge in [-0.15, -0.1) is 0 Å². The van der Waals surface area contributed by atoms with E-state index in [1.165, 1.54) is 4.31 Å². The number of hydrogen-bond donors (Lipinski definition) is 1. The van der Waals surface area contributed by atoms with Crippen molar-refractivity contribution >= 4 is 19.9 Å². The highest BCUT2D eigenvalue weighted by atomic mass is 32.2. The molecule has 20 heavy (non-hydrogen) atoms. The van der Waals surface area contributed by atoms with Gasteiger partial charge in [-0.3, -0.25) is 0 Å². The van der Waals surface area contributed by atoms with Crippen molar-refractivity contribution in [3.05, 3.63) is 0 Å². The molecule has 2 fully saturated rings. The van der Waals surface area contributed by atoms with Crippen LogP contribution in [0.1, 0.15) is 32.6 Å². The standard InChI is InChI=1S/C12H24N2O4S2/c1-2-10-3-5-14(11(7-10)8-13)20(17,18)12-4-6-19(15,16)9-12/h10-12H,2-9,13H2,1H3. The maximum Gasteiger partial charge on any atom is 0.218 e. The van der Waals surface area contributed by atoms with Crippen LogP contribution in [-0.2, 0) is 19.9 Å². The van der Waals surface area contributed by atoms with Gasteiger partial charge in [-0.2, -0.15) is 4.31 Å². The number of nitrogens with two attached hydrogens (primary N) is 1. The molecule has 0 bridgehead atoms. The molecule has 2 aliphatic heterocycles. The summed E-state index contributed by atoms with van der Waals surface area (Å²) in [6, 6.07) is -0.179. The van der Waals surface area contributed by atoms with Crippen LogP contribution in [0.25, 0.3) is 0 Å². The molecule has 0 aromatic rings. The summed E-state index contributed by atoms with van der Waals surface area (Å²) in [5.74, 6) is 0.262. The molecule has 0 amide bonds. The Labute approximate surface area is 121 Å². The SMILES string of the molecule is CCC1CCN(S(=O)(=O)C2CCS(=O)(=O)C2)C(CN)C1. The maximum absolute atomic E-state index is 12.6. The molecule has 0 aromatic carbocycles. The highest BCUT2D eigenvalue weighted by Crippen LogP contribution is 2.31. The van der Waals surface area contributed by atoms with Crippen LogP contribution in [-0.4, -0.2) is 57.0 Å². The average molecular weight is 324 g/mol. The quantitative estimate of drug-likeness (QED) is 0.782. The lowest BCUT2D eigenvalue weighted by atomic mass is 9.90. The summed E-state index contributed by atoms with van der Waals surface area (Å²) in [5, 5.41) is -0.778. The Morgan fingerprint density at radius 3 is 2.50 bits per heavy atom. The number of sulfonamides is 1. The molecule has 6 nitrogen and oxygen atoms in total. The van der Waals surface area contributed by atoms with E-state index in [-0.39, 0.29) is 24.0 Å². The normalized spacial score (nSPS) is 35.2. The van der Waals surface area contributed by atoms with E-state index in [1.54, 1.807) is 0 Å². The smallest absolute Gasteiger partial charge is 0.218 e. The van der Waals surface area contributed by atoms with Crippen LogP contribution in [0.4, 0.5) is 0 Å². The second-order valence-electron chi connectivity index (χ2n) is 5.87. The third kappa shape index (κ3) is 3.18. The fraction of sp³-hybridized carbons (Fsp3) is 1.00. The summed E-state index contributed by atoms with van der Waals surface area (Å²) in [6.07, 6.45) is 2.87. The number of sulfone groups is 1. The number of hydrogen-bond acceptors (Lipinski definition) is 5. The van der Waals surface area contributed by atoms with Crippen molar-refractivity contribution in [3.8, 4) is 0 Å². The van der Waals surface area contributed by atoms with Crippen molar-refractivity contribution in [3.63, 3.8) is 0 Å². The van der Waals surface area contributed by atoms with E-state index in [0.717, 1.165) is 19.3 Å². The lowest BCUT2D eigenvalue weighted by molar-refractivity contribution is 0.196. The molecule has 2 N–H and O–H groups in total. The van der Waals surface area contributed by atoms with E-state index in [1.807, 2.05) is 0 Å². The molecule has 3 atom stereocenters. The van der Waals surface area contributed by atoms with Gasteiger partial charge in [0, 0.05) is 19.1 Å². The minimum absolute atomic E-state index is 0.0182. The Bertz CT molecular complexity index is 544. The Morgan fingerprint density at radius 1 is 1.30 bits per heavy atom. The Balaban J connectivity index is 2.17. The molecule has 0 saturated carbocycles. The van der Waals surface area contributed by atoms with Gasteiger partial charge >= 0.3 is 0 Å². The van der Waals surface area contributed by atoms with Crippen LogP contribution >= 0.6 is 0 Å². The molecule has 0 aliphatic carbocycles.